The number of benzene rings is 2. The minimum absolute atomic E-state index is 0.00840. The van der Waals surface area contributed by atoms with E-state index in [9.17, 15) is 4.79 Å². The third-order valence-corrected chi connectivity index (χ3v) is 7.96. The Hall–Kier alpha value is -4.24. The Morgan fingerprint density at radius 2 is 2.00 bits per heavy atom. The fraction of sp³-hybridized carbons (Fsp3) is 0.355. The lowest BCUT2D eigenvalue weighted by Gasteiger charge is -2.32. The van der Waals surface area contributed by atoms with Gasteiger partial charge >= 0.3 is 0 Å². The zero-order valence-electron chi connectivity index (χ0n) is 22.9. The highest BCUT2D eigenvalue weighted by molar-refractivity contribution is 5.98. The van der Waals surface area contributed by atoms with Gasteiger partial charge in [0.2, 0.25) is 5.91 Å². The van der Waals surface area contributed by atoms with Gasteiger partial charge in [0.25, 0.3) is 0 Å². The summed E-state index contributed by atoms with van der Waals surface area (Å²) >= 11 is 0. The van der Waals surface area contributed by atoms with Crippen molar-refractivity contribution < 1.29 is 9.53 Å². The minimum atomic E-state index is -0.0569. The Morgan fingerprint density at radius 3 is 2.80 bits per heavy atom. The van der Waals surface area contributed by atoms with E-state index in [-0.39, 0.29) is 11.9 Å². The van der Waals surface area contributed by atoms with Gasteiger partial charge in [0.1, 0.15) is 23.6 Å². The third kappa shape index (κ3) is 5.04. The number of rotatable bonds is 7. The molecule has 0 bridgehead atoms. The molecule has 2 aliphatic rings. The van der Waals surface area contributed by atoms with Crippen molar-refractivity contribution in [2.45, 2.75) is 45.3 Å². The van der Waals surface area contributed by atoms with Crippen LogP contribution >= 0.6 is 0 Å². The Kier molecular flexibility index (Phi) is 7.21. The van der Waals surface area contributed by atoms with Gasteiger partial charge in [0.15, 0.2) is 5.65 Å². The van der Waals surface area contributed by atoms with Crippen molar-refractivity contribution in [3.05, 3.63) is 78.1 Å². The molecular weight excluding hydrogens is 502 g/mol. The number of fused-ring (bicyclic) bond motifs is 2. The van der Waals surface area contributed by atoms with Crippen LogP contribution in [0.2, 0.25) is 0 Å². The molecule has 4 aromatic rings. The van der Waals surface area contributed by atoms with Gasteiger partial charge in [-0.2, -0.15) is 5.10 Å². The molecule has 9 heteroatoms. The van der Waals surface area contributed by atoms with Crippen LogP contribution in [0.25, 0.3) is 22.3 Å². The first-order valence-electron chi connectivity index (χ1n) is 14.0. The van der Waals surface area contributed by atoms with Crippen molar-refractivity contribution >= 4 is 22.8 Å². The topological polar surface area (TPSA) is 102 Å². The number of amides is 1. The highest BCUT2D eigenvalue weighted by atomic mass is 16.5. The average Bonchev–Trinajstić information content (AvgIpc) is 3.38. The lowest BCUT2D eigenvalue weighted by Crippen LogP contribution is -2.40. The first kappa shape index (κ1) is 26.0. The molecule has 0 saturated carbocycles. The number of ether oxygens (including phenoxy) is 1. The van der Waals surface area contributed by atoms with Gasteiger partial charge in [-0.25, -0.2) is 14.6 Å². The van der Waals surface area contributed by atoms with Gasteiger partial charge in [-0.05, 0) is 61.1 Å². The molecule has 1 fully saturated rings. The number of hydrogen-bond donors (Lipinski definition) is 1. The van der Waals surface area contributed by atoms with Gasteiger partial charge in [-0.1, -0.05) is 36.9 Å². The second-order valence-corrected chi connectivity index (χ2v) is 10.6. The summed E-state index contributed by atoms with van der Waals surface area (Å²) in [6.07, 6.45) is 5.68. The summed E-state index contributed by atoms with van der Waals surface area (Å²) in [4.78, 5) is 25.4. The van der Waals surface area contributed by atoms with E-state index in [1.807, 2.05) is 16.5 Å². The van der Waals surface area contributed by atoms with Crippen molar-refractivity contribution in [2.75, 3.05) is 32.0 Å². The van der Waals surface area contributed by atoms with Crippen molar-refractivity contribution in [3.63, 3.8) is 0 Å². The standard InChI is InChI=1S/C31H35N7O2/c1-3-27(39)37-14-5-6-25(19-37)38-31-28(30(32)33-20-34-31)29(35-38)22-9-7-21(8-10-22)17-36-15-13-23-16-26(40-4-2)12-11-24(23)18-36/h3,7-12,16,20,25H,1,4-6,13-15,17-19H2,2H3,(H2,32,33,34). The van der Waals surface area contributed by atoms with Crippen LogP contribution in [0.4, 0.5) is 5.82 Å². The number of anilines is 1. The molecule has 9 nitrogen and oxygen atoms in total. The first-order valence-corrected chi connectivity index (χ1v) is 14.0. The number of nitrogen functional groups attached to an aromatic ring is 1. The van der Waals surface area contributed by atoms with Gasteiger partial charge in [-0.15, -0.1) is 0 Å². The zero-order valence-corrected chi connectivity index (χ0v) is 22.9. The third-order valence-electron chi connectivity index (χ3n) is 7.96. The number of likely N-dealkylation sites (tertiary alicyclic amines) is 1. The predicted octanol–water partition coefficient (Wildman–Crippen LogP) is 4.38. The van der Waals surface area contributed by atoms with E-state index >= 15 is 0 Å². The summed E-state index contributed by atoms with van der Waals surface area (Å²) in [6.45, 7) is 10.5. The number of hydrogen-bond acceptors (Lipinski definition) is 7. The Bertz CT molecular complexity index is 1550. The molecule has 2 aromatic heterocycles. The molecule has 1 unspecified atom stereocenters. The van der Waals surface area contributed by atoms with E-state index < -0.39 is 0 Å². The van der Waals surface area contributed by atoms with Gasteiger partial charge < -0.3 is 15.4 Å². The Morgan fingerprint density at radius 1 is 1.15 bits per heavy atom. The van der Waals surface area contributed by atoms with E-state index in [1.165, 1.54) is 29.1 Å². The molecule has 0 aliphatic carbocycles. The van der Waals surface area contributed by atoms with Crippen LogP contribution in [0.5, 0.6) is 5.75 Å². The lowest BCUT2D eigenvalue weighted by atomic mass is 9.98. The molecular formula is C31H35N7O2. The van der Waals surface area contributed by atoms with Crippen LogP contribution in [0.1, 0.15) is 42.5 Å². The van der Waals surface area contributed by atoms with Gasteiger partial charge in [-0.3, -0.25) is 9.69 Å². The minimum Gasteiger partial charge on any atom is -0.494 e. The molecule has 206 valence electrons. The van der Waals surface area contributed by atoms with Crippen LogP contribution in [0, 0.1) is 0 Å². The highest BCUT2D eigenvalue weighted by Gasteiger charge is 2.28. The number of carbonyl (C=O) groups is 1. The molecule has 1 amide bonds. The number of carbonyl (C=O) groups excluding carboxylic acids is 1. The van der Waals surface area contributed by atoms with Gasteiger partial charge in [0, 0.05) is 38.3 Å². The molecule has 0 spiro atoms. The predicted molar refractivity (Wildman–Crippen MR) is 156 cm³/mol. The molecule has 4 heterocycles. The molecule has 1 atom stereocenters. The number of nitrogens with zero attached hydrogens (tertiary/aromatic N) is 6. The lowest BCUT2D eigenvalue weighted by molar-refractivity contribution is -0.127. The summed E-state index contributed by atoms with van der Waals surface area (Å²) in [6, 6.07) is 15.0. The fourth-order valence-corrected chi connectivity index (χ4v) is 5.94. The van der Waals surface area contributed by atoms with Crippen LogP contribution in [0.3, 0.4) is 0 Å². The van der Waals surface area contributed by atoms with Crippen LogP contribution in [0.15, 0.2) is 61.4 Å². The molecule has 2 aromatic carbocycles. The number of aromatic nitrogens is 4. The molecule has 1 saturated heterocycles. The molecule has 2 aliphatic heterocycles. The fourth-order valence-electron chi connectivity index (χ4n) is 5.94. The van der Waals surface area contributed by atoms with E-state index in [0.29, 0.717) is 24.6 Å². The average molecular weight is 538 g/mol. The van der Waals surface area contributed by atoms with Gasteiger partial charge in [0.05, 0.1) is 18.0 Å². The second-order valence-electron chi connectivity index (χ2n) is 10.6. The van der Waals surface area contributed by atoms with Crippen LogP contribution in [-0.2, 0) is 24.3 Å². The van der Waals surface area contributed by atoms with E-state index in [1.54, 1.807) is 0 Å². The van der Waals surface area contributed by atoms with Crippen LogP contribution < -0.4 is 10.5 Å². The normalized spacial score (nSPS) is 17.5. The Labute approximate surface area is 234 Å². The summed E-state index contributed by atoms with van der Waals surface area (Å²) < 4.78 is 7.61. The monoisotopic (exact) mass is 537 g/mol. The largest absolute Gasteiger partial charge is 0.494 e. The number of nitrogens with two attached hydrogens (primary N) is 1. The Balaban J connectivity index is 1.22. The molecule has 2 N–H and O–H groups in total. The smallest absolute Gasteiger partial charge is 0.246 e. The van der Waals surface area contributed by atoms with Crippen molar-refractivity contribution in [2.24, 2.45) is 0 Å². The quantitative estimate of drug-likeness (QED) is 0.349. The second kappa shape index (κ2) is 11.1. The molecule has 0 radical (unpaired) electrons. The summed E-state index contributed by atoms with van der Waals surface area (Å²) in [5.74, 6) is 1.31. The maximum Gasteiger partial charge on any atom is 0.246 e. The molecule has 40 heavy (non-hydrogen) atoms. The SMILES string of the molecule is C=CC(=O)N1CCCC(n2nc(-c3ccc(CN4CCc5cc(OCC)ccc5C4)cc3)c3c(N)ncnc32)C1. The zero-order chi connectivity index (χ0) is 27.6. The first-order chi connectivity index (χ1) is 19.5. The number of piperidine rings is 1. The van der Waals surface area contributed by atoms with E-state index in [4.69, 9.17) is 15.6 Å². The summed E-state index contributed by atoms with van der Waals surface area (Å²) in [7, 11) is 0. The van der Waals surface area contributed by atoms with Crippen molar-refractivity contribution in [3.8, 4) is 17.0 Å². The summed E-state index contributed by atoms with van der Waals surface area (Å²) in [5.41, 5.74) is 12.8. The van der Waals surface area contributed by atoms with Crippen molar-refractivity contribution in [1.82, 2.24) is 29.5 Å². The van der Waals surface area contributed by atoms with Crippen molar-refractivity contribution in [1.29, 1.82) is 0 Å². The molecule has 6 rings (SSSR count). The van der Waals surface area contributed by atoms with Crippen LogP contribution in [-0.4, -0.2) is 61.7 Å². The summed E-state index contributed by atoms with van der Waals surface area (Å²) in [5, 5.41) is 5.76. The maximum absolute atomic E-state index is 12.3. The highest BCUT2D eigenvalue weighted by Crippen LogP contribution is 2.34. The van der Waals surface area contributed by atoms with E-state index in [2.05, 4.69) is 63.9 Å². The maximum atomic E-state index is 12.3. The van der Waals surface area contributed by atoms with E-state index in [0.717, 1.165) is 67.8 Å².